The SMILES string of the molecule is CCOCC(C)(O)c1c(OC)cnn1C(C)C. The minimum Gasteiger partial charge on any atom is -0.493 e. The van der Waals surface area contributed by atoms with E-state index in [0.717, 1.165) is 0 Å². The summed E-state index contributed by atoms with van der Waals surface area (Å²) in [4.78, 5) is 0. The zero-order chi connectivity index (χ0) is 13.1. The maximum Gasteiger partial charge on any atom is 0.163 e. The Morgan fingerprint density at radius 3 is 2.65 bits per heavy atom. The molecule has 1 atom stereocenters. The van der Waals surface area contributed by atoms with Crippen LogP contribution in [-0.4, -0.2) is 35.2 Å². The predicted octanol–water partition coefficient (Wildman–Crippen LogP) is 1.72. The van der Waals surface area contributed by atoms with Crippen molar-refractivity contribution in [2.75, 3.05) is 20.3 Å². The molecule has 1 aromatic heterocycles. The molecule has 98 valence electrons. The van der Waals surface area contributed by atoms with Gasteiger partial charge in [-0.15, -0.1) is 0 Å². The van der Waals surface area contributed by atoms with Crippen LogP contribution in [0.15, 0.2) is 6.20 Å². The molecule has 1 N–H and O–H groups in total. The number of methoxy groups -OCH3 is 1. The molecule has 0 aliphatic carbocycles. The number of aromatic nitrogens is 2. The van der Waals surface area contributed by atoms with Crippen LogP contribution in [0.1, 0.15) is 39.4 Å². The van der Waals surface area contributed by atoms with Crippen LogP contribution in [-0.2, 0) is 10.3 Å². The molecular formula is C12H22N2O3. The van der Waals surface area contributed by atoms with Gasteiger partial charge in [-0.25, -0.2) is 0 Å². The fourth-order valence-corrected chi connectivity index (χ4v) is 1.77. The summed E-state index contributed by atoms with van der Waals surface area (Å²) in [6.07, 6.45) is 1.62. The van der Waals surface area contributed by atoms with Gasteiger partial charge in [0.2, 0.25) is 0 Å². The average Bonchev–Trinajstić information content (AvgIpc) is 2.70. The molecule has 0 saturated heterocycles. The van der Waals surface area contributed by atoms with E-state index >= 15 is 0 Å². The maximum absolute atomic E-state index is 10.5. The van der Waals surface area contributed by atoms with Crippen molar-refractivity contribution < 1.29 is 14.6 Å². The van der Waals surface area contributed by atoms with Crippen LogP contribution in [0.3, 0.4) is 0 Å². The minimum absolute atomic E-state index is 0.155. The molecule has 0 amide bonds. The van der Waals surface area contributed by atoms with E-state index in [1.807, 2.05) is 20.8 Å². The fourth-order valence-electron chi connectivity index (χ4n) is 1.77. The summed E-state index contributed by atoms with van der Waals surface area (Å²) in [7, 11) is 1.57. The predicted molar refractivity (Wildman–Crippen MR) is 65.2 cm³/mol. The molecule has 1 unspecified atom stereocenters. The molecule has 0 aliphatic heterocycles. The lowest BCUT2D eigenvalue weighted by molar-refractivity contribution is -0.0419. The summed E-state index contributed by atoms with van der Waals surface area (Å²) in [5.74, 6) is 0.586. The first-order valence-electron chi connectivity index (χ1n) is 5.86. The van der Waals surface area contributed by atoms with E-state index in [1.165, 1.54) is 0 Å². The van der Waals surface area contributed by atoms with Gasteiger partial charge in [0.25, 0.3) is 0 Å². The minimum atomic E-state index is -1.11. The normalized spacial score (nSPS) is 15.0. The molecule has 0 spiro atoms. The second kappa shape index (κ2) is 5.51. The number of rotatable bonds is 6. The highest BCUT2D eigenvalue weighted by Crippen LogP contribution is 2.31. The first-order valence-corrected chi connectivity index (χ1v) is 5.86. The van der Waals surface area contributed by atoms with Crippen molar-refractivity contribution >= 4 is 0 Å². The van der Waals surface area contributed by atoms with E-state index in [2.05, 4.69) is 5.10 Å². The van der Waals surface area contributed by atoms with Gasteiger partial charge in [-0.2, -0.15) is 5.10 Å². The third-order valence-electron chi connectivity index (χ3n) is 2.57. The van der Waals surface area contributed by atoms with Crippen LogP contribution < -0.4 is 4.74 Å². The van der Waals surface area contributed by atoms with Crippen molar-refractivity contribution in [2.45, 2.75) is 39.3 Å². The monoisotopic (exact) mass is 242 g/mol. The van der Waals surface area contributed by atoms with Crippen molar-refractivity contribution in [1.29, 1.82) is 0 Å². The van der Waals surface area contributed by atoms with Gasteiger partial charge in [-0.05, 0) is 27.7 Å². The smallest absolute Gasteiger partial charge is 0.163 e. The number of ether oxygens (including phenoxy) is 2. The van der Waals surface area contributed by atoms with Crippen molar-refractivity contribution in [1.82, 2.24) is 9.78 Å². The summed E-state index contributed by atoms with van der Waals surface area (Å²) >= 11 is 0. The Balaban J connectivity index is 3.12. The molecule has 0 saturated carbocycles. The number of hydrogen-bond acceptors (Lipinski definition) is 4. The van der Waals surface area contributed by atoms with Crippen LogP contribution in [0.4, 0.5) is 0 Å². The number of hydrogen-bond donors (Lipinski definition) is 1. The third kappa shape index (κ3) is 2.98. The summed E-state index contributed by atoms with van der Waals surface area (Å²) in [6, 6.07) is 0.155. The zero-order valence-electron chi connectivity index (χ0n) is 11.2. The molecule has 1 aromatic rings. The Morgan fingerprint density at radius 1 is 1.53 bits per heavy atom. The summed E-state index contributed by atoms with van der Waals surface area (Å²) in [6.45, 7) is 8.40. The van der Waals surface area contributed by atoms with Crippen molar-refractivity contribution in [3.8, 4) is 5.75 Å². The fraction of sp³-hybridized carbons (Fsp3) is 0.750. The molecular weight excluding hydrogens is 220 g/mol. The molecule has 17 heavy (non-hydrogen) atoms. The maximum atomic E-state index is 10.5. The van der Waals surface area contributed by atoms with Gasteiger partial charge in [0.05, 0.1) is 19.9 Å². The van der Waals surface area contributed by atoms with E-state index in [1.54, 1.807) is 24.9 Å². The van der Waals surface area contributed by atoms with Crippen LogP contribution in [0.2, 0.25) is 0 Å². The molecule has 0 radical (unpaired) electrons. The van der Waals surface area contributed by atoms with Crippen LogP contribution in [0, 0.1) is 0 Å². The molecule has 5 nitrogen and oxygen atoms in total. The average molecular weight is 242 g/mol. The molecule has 0 aromatic carbocycles. The van der Waals surface area contributed by atoms with E-state index in [0.29, 0.717) is 18.1 Å². The van der Waals surface area contributed by atoms with E-state index in [9.17, 15) is 5.11 Å². The van der Waals surface area contributed by atoms with Gasteiger partial charge in [0.15, 0.2) is 5.75 Å². The Bertz CT molecular complexity index is 359. The van der Waals surface area contributed by atoms with E-state index in [-0.39, 0.29) is 12.6 Å². The van der Waals surface area contributed by atoms with E-state index < -0.39 is 5.60 Å². The zero-order valence-corrected chi connectivity index (χ0v) is 11.2. The van der Waals surface area contributed by atoms with Crippen LogP contribution in [0.25, 0.3) is 0 Å². The first-order chi connectivity index (χ1) is 7.94. The molecule has 1 heterocycles. The topological polar surface area (TPSA) is 56.5 Å². The summed E-state index contributed by atoms with van der Waals surface area (Å²) in [5.41, 5.74) is -0.453. The summed E-state index contributed by atoms with van der Waals surface area (Å²) < 4.78 is 12.3. The van der Waals surface area contributed by atoms with Crippen molar-refractivity contribution in [2.24, 2.45) is 0 Å². The lowest BCUT2D eigenvalue weighted by Crippen LogP contribution is -2.32. The first kappa shape index (κ1) is 14.0. The van der Waals surface area contributed by atoms with Crippen molar-refractivity contribution in [3.05, 3.63) is 11.9 Å². The molecule has 5 heteroatoms. The quantitative estimate of drug-likeness (QED) is 0.825. The largest absolute Gasteiger partial charge is 0.493 e. The highest BCUT2D eigenvalue weighted by Gasteiger charge is 2.32. The molecule has 0 bridgehead atoms. The van der Waals surface area contributed by atoms with E-state index in [4.69, 9.17) is 9.47 Å². The van der Waals surface area contributed by atoms with Gasteiger partial charge in [0, 0.05) is 12.6 Å². The Kier molecular flexibility index (Phi) is 4.54. The third-order valence-corrected chi connectivity index (χ3v) is 2.57. The highest BCUT2D eigenvalue weighted by atomic mass is 16.5. The standard InChI is InChI=1S/C12H22N2O3/c1-6-17-8-12(4,15)11-10(16-5)7-13-14(11)9(2)3/h7,9,15H,6,8H2,1-5H3. The van der Waals surface area contributed by atoms with Crippen LogP contribution >= 0.6 is 0 Å². The summed E-state index contributed by atoms with van der Waals surface area (Å²) in [5, 5.41) is 14.7. The number of nitrogens with zero attached hydrogens (tertiary/aromatic N) is 2. The molecule has 0 aliphatic rings. The van der Waals surface area contributed by atoms with Gasteiger partial charge in [0.1, 0.15) is 11.3 Å². The molecule has 0 fully saturated rings. The van der Waals surface area contributed by atoms with Gasteiger partial charge in [-0.3, -0.25) is 4.68 Å². The number of aliphatic hydroxyl groups is 1. The Labute approximate surface area is 102 Å². The van der Waals surface area contributed by atoms with Gasteiger partial charge in [-0.1, -0.05) is 0 Å². The Hall–Kier alpha value is -1.07. The van der Waals surface area contributed by atoms with Crippen molar-refractivity contribution in [3.63, 3.8) is 0 Å². The lowest BCUT2D eigenvalue weighted by atomic mass is 10.0. The van der Waals surface area contributed by atoms with Gasteiger partial charge < -0.3 is 14.6 Å². The second-order valence-corrected chi connectivity index (χ2v) is 4.51. The van der Waals surface area contributed by atoms with Gasteiger partial charge >= 0.3 is 0 Å². The van der Waals surface area contributed by atoms with Crippen LogP contribution in [0.5, 0.6) is 5.75 Å². The highest BCUT2D eigenvalue weighted by molar-refractivity contribution is 5.30. The molecule has 1 rings (SSSR count). The lowest BCUT2D eigenvalue weighted by Gasteiger charge is -2.26. The second-order valence-electron chi connectivity index (χ2n) is 4.51. The Morgan fingerprint density at radius 2 is 2.18 bits per heavy atom.